The van der Waals surface area contributed by atoms with Crippen molar-refractivity contribution in [2.75, 3.05) is 0 Å². The van der Waals surface area contributed by atoms with Crippen LogP contribution < -0.4 is 0 Å². The molecule has 31 heavy (non-hydrogen) atoms. The van der Waals surface area contributed by atoms with Gasteiger partial charge >= 0.3 is 45.5 Å². The second-order valence-corrected chi connectivity index (χ2v) is 12.4. The largest absolute Gasteiger partial charge is 2.00 e. The van der Waals surface area contributed by atoms with Gasteiger partial charge in [-0.2, -0.15) is 23.7 Å². The van der Waals surface area contributed by atoms with Crippen LogP contribution in [0.1, 0.15) is 109 Å². The average molecular weight is 506 g/mol. The number of hydrogen-bond donors (Lipinski definition) is 0. The molecule has 0 aliphatic heterocycles. The molecule has 2 saturated carbocycles. The molecule has 180 valence electrons. The maximum absolute atomic E-state index is 2.67. The topological polar surface area (TPSA) is 0 Å². The molecule has 2 rings (SSSR count). The quantitative estimate of drug-likeness (QED) is 0.227. The van der Waals surface area contributed by atoms with Gasteiger partial charge in [-0.15, -0.1) is 0 Å². The molecule has 0 aromatic heterocycles. The van der Waals surface area contributed by atoms with Crippen molar-refractivity contribution in [2.45, 2.75) is 109 Å². The van der Waals surface area contributed by atoms with Crippen LogP contribution in [0, 0.1) is 83.9 Å². The summed E-state index contributed by atoms with van der Waals surface area (Å²) in [7, 11) is 0. The van der Waals surface area contributed by atoms with E-state index >= 15 is 0 Å². The van der Waals surface area contributed by atoms with E-state index in [1.165, 1.54) is 25.7 Å². The minimum Gasteiger partial charge on any atom is -0.322 e. The van der Waals surface area contributed by atoms with Crippen LogP contribution in [-0.2, 0) is 0 Å². The van der Waals surface area contributed by atoms with E-state index in [4.69, 9.17) is 0 Å². The minimum atomic E-state index is 0. The van der Waals surface area contributed by atoms with Gasteiger partial charge in [-0.25, -0.2) is 0 Å². The van der Waals surface area contributed by atoms with Gasteiger partial charge in [0.05, 0.1) is 0 Å². The Bertz CT molecular complexity index is 409. The van der Waals surface area contributed by atoms with Gasteiger partial charge in [0.15, 0.2) is 0 Å². The van der Waals surface area contributed by atoms with Gasteiger partial charge in [0.1, 0.15) is 0 Å². The van der Waals surface area contributed by atoms with Crippen LogP contribution >= 0.6 is 0 Å². The molecule has 0 amide bonds. The summed E-state index contributed by atoms with van der Waals surface area (Å²) in [5.74, 6) is 10.5. The molecule has 1 heteroatoms. The normalized spacial score (nSPS) is 32.9. The number of rotatable bonds is 8. The Hall–Kier alpha value is 1.48. The van der Waals surface area contributed by atoms with Gasteiger partial charge in [-0.1, -0.05) is 144 Å². The molecule has 0 spiro atoms. The van der Waals surface area contributed by atoms with Gasteiger partial charge in [-0.3, -0.25) is 0 Å². The third kappa shape index (κ3) is 9.57. The van der Waals surface area contributed by atoms with Crippen LogP contribution in [0.15, 0.2) is 0 Å². The molecule has 2 fully saturated rings. The first kappa shape index (κ1) is 32.5. The maximum Gasteiger partial charge on any atom is 2.00 e. The second-order valence-electron chi connectivity index (χ2n) is 12.4. The van der Waals surface area contributed by atoms with Crippen LogP contribution in [0.4, 0.5) is 0 Å². The summed E-state index contributed by atoms with van der Waals surface area (Å²) in [6, 6.07) is 0. The second kappa shape index (κ2) is 15.5. The zero-order chi connectivity index (χ0) is 23.2. The Kier molecular flexibility index (Phi) is 16.2. The molecule has 0 heterocycles. The van der Waals surface area contributed by atoms with Gasteiger partial charge in [-0.05, 0) is 11.8 Å². The fourth-order valence-corrected chi connectivity index (χ4v) is 6.21. The summed E-state index contributed by atoms with van der Waals surface area (Å²) in [6.07, 6.45) is 10.9. The minimum absolute atomic E-state index is 0. The predicted molar refractivity (Wildman–Crippen MR) is 143 cm³/mol. The standard InChI is InChI=1S/2C15H29.Sr/c2*1-7-12(6)15-9-13(10(2)3)8-14(15)11(4)5;/h2*8,10-15H,7,9H2,1-6H3;/q2*-1;+2. The fourth-order valence-electron chi connectivity index (χ4n) is 6.21. The Morgan fingerprint density at radius 3 is 1.03 bits per heavy atom. The molecule has 8 unspecified atom stereocenters. The molecule has 0 aromatic carbocycles. The zero-order valence-electron chi connectivity index (χ0n) is 23.6. The zero-order valence-corrected chi connectivity index (χ0v) is 27.1. The Morgan fingerprint density at radius 2 is 0.839 bits per heavy atom. The SMILES string of the molecule is CCC(C)C1CC(C(C)C)[CH-]C1C(C)C.CCC(C)C1CC(C(C)C)[CH-]C1C(C)C.[Sr+2]. The average Bonchev–Trinajstić information content (AvgIpc) is 3.32. The molecule has 0 saturated heterocycles. The third-order valence-electron chi connectivity index (χ3n) is 9.02. The summed E-state index contributed by atoms with van der Waals surface area (Å²) < 4.78 is 0. The first-order chi connectivity index (χ1) is 13.9. The predicted octanol–water partition coefficient (Wildman–Crippen LogP) is 9.22. The smallest absolute Gasteiger partial charge is 0.322 e. The van der Waals surface area contributed by atoms with E-state index in [1.807, 2.05) is 0 Å². The van der Waals surface area contributed by atoms with Crippen molar-refractivity contribution < 1.29 is 0 Å². The van der Waals surface area contributed by atoms with Crippen LogP contribution in [0.2, 0.25) is 0 Å². The summed E-state index contributed by atoms with van der Waals surface area (Å²) in [5.41, 5.74) is 0. The van der Waals surface area contributed by atoms with Crippen molar-refractivity contribution in [1.82, 2.24) is 0 Å². The van der Waals surface area contributed by atoms with Gasteiger partial charge in [0.25, 0.3) is 0 Å². The van der Waals surface area contributed by atoms with Crippen LogP contribution in [0.3, 0.4) is 0 Å². The van der Waals surface area contributed by atoms with E-state index in [2.05, 4.69) is 95.9 Å². The Morgan fingerprint density at radius 1 is 0.548 bits per heavy atom. The van der Waals surface area contributed by atoms with Crippen LogP contribution in [0.25, 0.3) is 0 Å². The molecule has 0 N–H and O–H groups in total. The molecular formula is C30H58Sr. The van der Waals surface area contributed by atoms with Crippen molar-refractivity contribution in [1.29, 1.82) is 0 Å². The van der Waals surface area contributed by atoms with Crippen molar-refractivity contribution in [2.24, 2.45) is 71.0 Å². The molecule has 2 aliphatic carbocycles. The molecule has 2 aliphatic rings. The Balaban J connectivity index is 0.000000562. The first-order valence-electron chi connectivity index (χ1n) is 13.6. The molecule has 0 aromatic rings. The monoisotopic (exact) mass is 506 g/mol. The van der Waals surface area contributed by atoms with E-state index in [-0.39, 0.29) is 45.5 Å². The Labute approximate surface area is 236 Å². The van der Waals surface area contributed by atoms with Crippen molar-refractivity contribution >= 4 is 45.5 Å². The van der Waals surface area contributed by atoms with Gasteiger partial charge in [0.2, 0.25) is 0 Å². The molecular weight excluding hydrogens is 448 g/mol. The first-order valence-corrected chi connectivity index (χ1v) is 13.6. The van der Waals surface area contributed by atoms with E-state index in [1.54, 1.807) is 0 Å². The van der Waals surface area contributed by atoms with E-state index < -0.39 is 0 Å². The van der Waals surface area contributed by atoms with Crippen LogP contribution in [-0.4, -0.2) is 45.5 Å². The third-order valence-corrected chi connectivity index (χ3v) is 9.02. The van der Waals surface area contributed by atoms with Crippen molar-refractivity contribution in [3.05, 3.63) is 12.8 Å². The van der Waals surface area contributed by atoms with E-state index in [0.29, 0.717) is 0 Å². The molecule has 0 radical (unpaired) electrons. The molecule has 8 atom stereocenters. The number of hydrogen-bond acceptors (Lipinski definition) is 0. The van der Waals surface area contributed by atoms with Gasteiger partial charge < -0.3 is 12.8 Å². The molecule has 0 bridgehead atoms. The summed E-state index contributed by atoms with van der Waals surface area (Å²) in [4.78, 5) is 0. The van der Waals surface area contributed by atoms with E-state index in [0.717, 1.165) is 71.0 Å². The van der Waals surface area contributed by atoms with E-state index in [9.17, 15) is 0 Å². The summed E-state index contributed by atoms with van der Waals surface area (Å²) >= 11 is 0. The van der Waals surface area contributed by atoms with Gasteiger partial charge in [0, 0.05) is 0 Å². The summed E-state index contributed by atoms with van der Waals surface area (Å²) in [5, 5.41) is 0. The maximum atomic E-state index is 2.67. The summed E-state index contributed by atoms with van der Waals surface area (Å²) in [6.45, 7) is 28.6. The molecule has 0 nitrogen and oxygen atoms in total. The van der Waals surface area contributed by atoms with Crippen molar-refractivity contribution in [3.63, 3.8) is 0 Å². The fraction of sp³-hybridized carbons (Fsp3) is 0.933. The van der Waals surface area contributed by atoms with Crippen LogP contribution in [0.5, 0.6) is 0 Å². The van der Waals surface area contributed by atoms with Crippen molar-refractivity contribution in [3.8, 4) is 0 Å².